The number of piperidine rings is 1. The SMILES string of the molecule is CC1CCCCN1Cc1nc2c(c(=O)n(C)c(=O)n2C)n1Cc1ccc(Cl)cc1. The largest absolute Gasteiger partial charge is 0.332 e. The van der Waals surface area contributed by atoms with Crippen LogP contribution in [-0.2, 0) is 27.2 Å². The van der Waals surface area contributed by atoms with E-state index in [9.17, 15) is 9.59 Å². The molecular weight excluding hydrogens is 390 g/mol. The van der Waals surface area contributed by atoms with Crippen molar-refractivity contribution in [3.05, 3.63) is 61.5 Å². The molecule has 0 N–H and O–H groups in total. The molecule has 1 fully saturated rings. The number of imidazole rings is 1. The van der Waals surface area contributed by atoms with Crippen LogP contribution in [0.3, 0.4) is 0 Å². The number of halogens is 1. The Morgan fingerprint density at radius 3 is 2.48 bits per heavy atom. The highest BCUT2D eigenvalue weighted by Gasteiger charge is 2.24. The lowest BCUT2D eigenvalue weighted by Crippen LogP contribution is -2.38. The van der Waals surface area contributed by atoms with Gasteiger partial charge < -0.3 is 4.57 Å². The first-order valence-corrected chi connectivity index (χ1v) is 10.4. The smallest absolute Gasteiger partial charge is 0.317 e. The Balaban J connectivity index is 1.87. The number of fused-ring (bicyclic) bond motifs is 1. The van der Waals surface area contributed by atoms with Crippen LogP contribution in [0.5, 0.6) is 0 Å². The number of aromatic nitrogens is 4. The first-order valence-electron chi connectivity index (χ1n) is 10.0. The molecule has 29 heavy (non-hydrogen) atoms. The molecule has 3 heterocycles. The molecule has 2 aromatic heterocycles. The van der Waals surface area contributed by atoms with Crippen molar-refractivity contribution in [3.8, 4) is 0 Å². The fourth-order valence-corrected chi connectivity index (χ4v) is 4.26. The minimum Gasteiger partial charge on any atom is -0.317 e. The fraction of sp³-hybridized carbons (Fsp3) is 0.476. The molecule has 0 bridgehead atoms. The third kappa shape index (κ3) is 3.65. The monoisotopic (exact) mass is 415 g/mol. The Hall–Kier alpha value is -2.38. The number of nitrogens with zero attached hydrogens (tertiary/aromatic N) is 5. The minimum atomic E-state index is -0.364. The van der Waals surface area contributed by atoms with Gasteiger partial charge in [0.1, 0.15) is 5.82 Å². The van der Waals surface area contributed by atoms with Crippen LogP contribution in [0.15, 0.2) is 33.9 Å². The summed E-state index contributed by atoms with van der Waals surface area (Å²) >= 11 is 6.03. The van der Waals surface area contributed by atoms with Crippen molar-refractivity contribution in [2.45, 2.75) is 45.3 Å². The van der Waals surface area contributed by atoms with Gasteiger partial charge in [-0.15, -0.1) is 0 Å². The lowest BCUT2D eigenvalue weighted by molar-refractivity contribution is 0.147. The van der Waals surface area contributed by atoms with Crippen molar-refractivity contribution in [3.63, 3.8) is 0 Å². The maximum absolute atomic E-state index is 13.0. The lowest BCUT2D eigenvalue weighted by Gasteiger charge is -2.33. The number of aryl methyl sites for hydroxylation is 1. The van der Waals surface area contributed by atoms with Crippen molar-refractivity contribution >= 4 is 22.8 Å². The maximum Gasteiger partial charge on any atom is 0.332 e. The van der Waals surface area contributed by atoms with E-state index in [2.05, 4.69) is 11.8 Å². The van der Waals surface area contributed by atoms with Gasteiger partial charge in [0.25, 0.3) is 5.56 Å². The first-order chi connectivity index (χ1) is 13.9. The van der Waals surface area contributed by atoms with Crippen LogP contribution in [0, 0.1) is 0 Å². The van der Waals surface area contributed by atoms with Crippen molar-refractivity contribution in [1.82, 2.24) is 23.6 Å². The van der Waals surface area contributed by atoms with Gasteiger partial charge in [0.2, 0.25) is 0 Å². The maximum atomic E-state index is 13.0. The highest BCUT2D eigenvalue weighted by Crippen LogP contribution is 2.22. The van der Waals surface area contributed by atoms with E-state index in [0.717, 1.165) is 28.9 Å². The van der Waals surface area contributed by atoms with E-state index >= 15 is 0 Å². The normalized spacial score (nSPS) is 17.9. The number of rotatable bonds is 4. The Kier molecular flexibility index (Phi) is 5.36. The van der Waals surface area contributed by atoms with Crippen molar-refractivity contribution in [2.75, 3.05) is 6.54 Å². The van der Waals surface area contributed by atoms with Crippen LogP contribution in [0.1, 0.15) is 37.6 Å². The molecule has 1 aliphatic rings. The van der Waals surface area contributed by atoms with Crippen molar-refractivity contribution in [2.24, 2.45) is 14.1 Å². The van der Waals surface area contributed by atoms with Crippen LogP contribution >= 0.6 is 11.6 Å². The average molecular weight is 416 g/mol. The molecule has 0 saturated carbocycles. The van der Waals surface area contributed by atoms with E-state index in [-0.39, 0.29) is 11.2 Å². The van der Waals surface area contributed by atoms with E-state index in [0.29, 0.717) is 35.3 Å². The van der Waals surface area contributed by atoms with Crippen LogP contribution in [-0.4, -0.2) is 36.2 Å². The van der Waals surface area contributed by atoms with Gasteiger partial charge in [-0.25, -0.2) is 9.78 Å². The van der Waals surface area contributed by atoms with E-state index in [1.54, 1.807) is 7.05 Å². The molecule has 0 spiro atoms. The standard InChI is InChI=1S/C21H26ClN5O2/c1-14-6-4-5-11-26(14)13-17-23-19-18(20(28)25(3)21(29)24(19)2)27(17)12-15-7-9-16(22)10-8-15/h7-10,14H,4-6,11-13H2,1-3H3. The molecule has 8 heteroatoms. The van der Waals surface area contributed by atoms with E-state index < -0.39 is 0 Å². The van der Waals surface area contributed by atoms with Crippen molar-refractivity contribution < 1.29 is 0 Å². The summed E-state index contributed by atoms with van der Waals surface area (Å²) < 4.78 is 4.57. The number of benzene rings is 1. The minimum absolute atomic E-state index is 0.317. The van der Waals surface area contributed by atoms with E-state index in [1.165, 1.54) is 24.5 Å². The van der Waals surface area contributed by atoms with E-state index in [4.69, 9.17) is 16.6 Å². The molecule has 1 aliphatic heterocycles. The topological polar surface area (TPSA) is 65.1 Å². The Morgan fingerprint density at radius 1 is 1.07 bits per heavy atom. The third-order valence-electron chi connectivity index (χ3n) is 5.97. The van der Waals surface area contributed by atoms with Gasteiger partial charge in [0, 0.05) is 31.7 Å². The fourth-order valence-electron chi connectivity index (χ4n) is 4.13. The number of hydrogen-bond acceptors (Lipinski definition) is 4. The summed E-state index contributed by atoms with van der Waals surface area (Å²) in [5.74, 6) is 0.807. The highest BCUT2D eigenvalue weighted by atomic mass is 35.5. The lowest BCUT2D eigenvalue weighted by atomic mass is 10.0. The summed E-state index contributed by atoms with van der Waals surface area (Å²) in [5, 5.41) is 0.671. The predicted octanol–water partition coefficient (Wildman–Crippen LogP) is 2.51. The zero-order valence-electron chi connectivity index (χ0n) is 17.1. The molecular formula is C21H26ClN5O2. The molecule has 3 aromatic rings. The zero-order valence-corrected chi connectivity index (χ0v) is 17.8. The second kappa shape index (κ2) is 7.80. The van der Waals surface area contributed by atoms with Crippen LogP contribution in [0.4, 0.5) is 0 Å². The van der Waals surface area contributed by atoms with Crippen LogP contribution < -0.4 is 11.2 Å². The van der Waals surface area contributed by atoms with Gasteiger partial charge in [-0.1, -0.05) is 30.2 Å². The van der Waals surface area contributed by atoms with Gasteiger partial charge >= 0.3 is 5.69 Å². The summed E-state index contributed by atoms with van der Waals surface area (Å²) in [6, 6.07) is 8.06. The Morgan fingerprint density at radius 2 is 1.79 bits per heavy atom. The van der Waals surface area contributed by atoms with Crippen LogP contribution in [0.2, 0.25) is 5.02 Å². The second-order valence-electron chi connectivity index (χ2n) is 7.93. The summed E-state index contributed by atoms with van der Waals surface area (Å²) in [6.45, 7) is 4.40. The zero-order chi connectivity index (χ0) is 20.7. The summed E-state index contributed by atoms with van der Waals surface area (Å²) in [7, 11) is 3.17. The molecule has 1 aromatic carbocycles. The molecule has 1 atom stereocenters. The summed E-state index contributed by atoms with van der Waals surface area (Å²) in [5.41, 5.74) is 1.24. The molecule has 154 valence electrons. The predicted molar refractivity (Wildman–Crippen MR) is 114 cm³/mol. The third-order valence-corrected chi connectivity index (χ3v) is 6.22. The van der Waals surface area contributed by atoms with Gasteiger partial charge in [-0.3, -0.25) is 18.8 Å². The number of hydrogen-bond donors (Lipinski definition) is 0. The quantitative estimate of drug-likeness (QED) is 0.656. The molecule has 7 nitrogen and oxygen atoms in total. The van der Waals surface area contributed by atoms with Gasteiger partial charge in [-0.2, -0.15) is 0 Å². The molecule has 0 aliphatic carbocycles. The summed E-state index contributed by atoms with van der Waals surface area (Å²) in [6.07, 6.45) is 3.58. The highest BCUT2D eigenvalue weighted by molar-refractivity contribution is 6.30. The van der Waals surface area contributed by atoms with Gasteiger partial charge in [0.05, 0.1) is 6.54 Å². The molecule has 0 radical (unpaired) electrons. The van der Waals surface area contributed by atoms with Gasteiger partial charge in [0.15, 0.2) is 11.2 Å². The van der Waals surface area contributed by atoms with E-state index in [1.807, 2.05) is 28.8 Å². The molecule has 1 unspecified atom stereocenters. The molecule has 4 rings (SSSR count). The number of likely N-dealkylation sites (tertiary alicyclic amines) is 1. The molecule has 1 saturated heterocycles. The Labute approximate surface area is 174 Å². The Bertz CT molecular complexity index is 1160. The van der Waals surface area contributed by atoms with Crippen molar-refractivity contribution in [1.29, 1.82) is 0 Å². The second-order valence-corrected chi connectivity index (χ2v) is 8.37. The van der Waals surface area contributed by atoms with Gasteiger partial charge in [-0.05, 0) is 44.0 Å². The average Bonchev–Trinajstić information content (AvgIpc) is 3.06. The molecule has 0 amide bonds. The first kappa shape index (κ1) is 19.9. The van der Waals surface area contributed by atoms with Crippen LogP contribution in [0.25, 0.3) is 11.2 Å². The summed E-state index contributed by atoms with van der Waals surface area (Å²) in [4.78, 5) is 32.6.